The van der Waals surface area contributed by atoms with Gasteiger partial charge in [-0.1, -0.05) is 5.21 Å². The van der Waals surface area contributed by atoms with Crippen molar-refractivity contribution in [1.82, 2.24) is 35.8 Å². The standard InChI is InChI=1S/C17H29N7O2/c1-12(25)19-4-5-20-17(26)16-11-23-6-3-13(16)7-15(23)10-24-9-14(8-18-2)21-22-24/h9,13,15-16,18H,3-8,10-11H2,1-2H3,(H,19,25)(H,20,26)/t13-,15+,16-/m0/s1. The second-order valence-corrected chi connectivity index (χ2v) is 7.28. The maximum atomic E-state index is 12.5. The molecule has 3 N–H and O–H groups in total. The second kappa shape index (κ2) is 8.59. The number of fused-ring (bicyclic) bond motifs is 3. The summed E-state index contributed by atoms with van der Waals surface area (Å²) >= 11 is 0. The predicted molar refractivity (Wildman–Crippen MR) is 96.1 cm³/mol. The number of hydrogen-bond donors (Lipinski definition) is 3. The average molecular weight is 363 g/mol. The molecule has 3 aliphatic heterocycles. The Morgan fingerprint density at radius 3 is 2.81 bits per heavy atom. The van der Waals surface area contributed by atoms with E-state index in [2.05, 4.69) is 31.2 Å². The maximum Gasteiger partial charge on any atom is 0.224 e. The number of nitrogens with one attached hydrogen (secondary N) is 3. The Morgan fingerprint density at radius 1 is 1.31 bits per heavy atom. The SMILES string of the molecule is CNCc1cn(C[C@H]2C[C@@H]3CCN2C[C@@H]3C(=O)NCCNC(C)=O)nn1. The smallest absolute Gasteiger partial charge is 0.224 e. The van der Waals surface area contributed by atoms with E-state index in [1.165, 1.54) is 6.92 Å². The molecule has 0 saturated carbocycles. The lowest BCUT2D eigenvalue weighted by molar-refractivity contribution is -0.133. The number of nitrogens with zero attached hydrogens (tertiary/aromatic N) is 4. The van der Waals surface area contributed by atoms with Crippen molar-refractivity contribution in [3.8, 4) is 0 Å². The number of piperidine rings is 3. The molecule has 0 radical (unpaired) electrons. The van der Waals surface area contributed by atoms with Crippen LogP contribution >= 0.6 is 0 Å². The minimum absolute atomic E-state index is 0.0490. The van der Waals surface area contributed by atoms with E-state index in [0.717, 1.165) is 44.7 Å². The molecule has 0 aromatic carbocycles. The van der Waals surface area contributed by atoms with Gasteiger partial charge in [-0.15, -0.1) is 5.10 Å². The van der Waals surface area contributed by atoms with Crippen molar-refractivity contribution in [2.45, 2.75) is 38.9 Å². The van der Waals surface area contributed by atoms with Gasteiger partial charge in [-0.25, -0.2) is 0 Å². The first-order valence-electron chi connectivity index (χ1n) is 9.36. The monoisotopic (exact) mass is 363 g/mol. The molecule has 3 saturated heterocycles. The van der Waals surface area contributed by atoms with Gasteiger partial charge < -0.3 is 16.0 Å². The van der Waals surface area contributed by atoms with Gasteiger partial charge in [-0.2, -0.15) is 0 Å². The van der Waals surface area contributed by atoms with Crippen molar-refractivity contribution >= 4 is 11.8 Å². The highest BCUT2D eigenvalue weighted by molar-refractivity contribution is 5.79. The van der Waals surface area contributed by atoms with Crippen molar-refractivity contribution in [3.63, 3.8) is 0 Å². The summed E-state index contributed by atoms with van der Waals surface area (Å²) in [5, 5.41) is 17.1. The largest absolute Gasteiger partial charge is 0.355 e. The molecule has 4 heterocycles. The van der Waals surface area contributed by atoms with Crippen LogP contribution < -0.4 is 16.0 Å². The van der Waals surface area contributed by atoms with Crippen LogP contribution in [-0.4, -0.2) is 71.0 Å². The van der Waals surface area contributed by atoms with Crippen LogP contribution in [0.3, 0.4) is 0 Å². The molecule has 9 heteroatoms. The van der Waals surface area contributed by atoms with Gasteiger partial charge in [0.2, 0.25) is 11.8 Å². The molecule has 1 unspecified atom stereocenters. The van der Waals surface area contributed by atoms with Crippen LogP contribution in [0.4, 0.5) is 0 Å². The Morgan fingerprint density at radius 2 is 2.12 bits per heavy atom. The first-order valence-corrected chi connectivity index (χ1v) is 9.36. The van der Waals surface area contributed by atoms with E-state index in [-0.39, 0.29) is 17.7 Å². The van der Waals surface area contributed by atoms with Crippen LogP contribution in [0.25, 0.3) is 0 Å². The summed E-state index contributed by atoms with van der Waals surface area (Å²) in [5.74, 6) is 0.510. The Kier molecular flexibility index (Phi) is 6.20. The quantitative estimate of drug-likeness (QED) is 0.510. The van der Waals surface area contributed by atoms with E-state index < -0.39 is 0 Å². The van der Waals surface area contributed by atoms with E-state index in [1.807, 2.05) is 17.9 Å². The fourth-order valence-electron chi connectivity index (χ4n) is 4.09. The summed E-state index contributed by atoms with van der Waals surface area (Å²) in [6, 6.07) is 0.418. The highest BCUT2D eigenvalue weighted by Crippen LogP contribution is 2.36. The van der Waals surface area contributed by atoms with Gasteiger partial charge in [0, 0.05) is 45.3 Å². The van der Waals surface area contributed by atoms with E-state index in [0.29, 0.717) is 25.0 Å². The molecule has 0 spiro atoms. The lowest BCUT2D eigenvalue weighted by Crippen LogP contribution is -2.58. The molecular weight excluding hydrogens is 334 g/mol. The van der Waals surface area contributed by atoms with Gasteiger partial charge >= 0.3 is 0 Å². The summed E-state index contributed by atoms with van der Waals surface area (Å²) < 4.78 is 1.92. The molecule has 2 amide bonds. The van der Waals surface area contributed by atoms with Crippen LogP contribution in [0.2, 0.25) is 0 Å². The zero-order valence-electron chi connectivity index (χ0n) is 15.6. The molecule has 1 aromatic heterocycles. The van der Waals surface area contributed by atoms with Gasteiger partial charge in [-0.3, -0.25) is 19.2 Å². The zero-order valence-corrected chi connectivity index (χ0v) is 15.6. The molecule has 144 valence electrons. The van der Waals surface area contributed by atoms with E-state index >= 15 is 0 Å². The molecule has 9 nitrogen and oxygen atoms in total. The molecule has 1 aromatic rings. The molecule has 3 aliphatic rings. The van der Waals surface area contributed by atoms with Gasteiger partial charge in [0.15, 0.2) is 0 Å². The zero-order chi connectivity index (χ0) is 18.5. The minimum atomic E-state index is -0.0732. The topological polar surface area (TPSA) is 104 Å². The number of carbonyl (C=O) groups excluding carboxylic acids is 2. The summed E-state index contributed by atoms with van der Waals surface area (Å²) in [6.45, 7) is 5.83. The third-order valence-corrected chi connectivity index (χ3v) is 5.36. The first-order chi connectivity index (χ1) is 12.6. The first kappa shape index (κ1) is 18.8. The second-order valence-electron chi connectivity index (χ2n) is 7.28. The fourth-order valence-corrected chi connectivity index (χ4v) is 4.09. The van der Waals surface area contributed by atoms with Crippen molar-refractivity contribution in [2.75, 3.05) is 33.2 Å². The summed E-state index contributed by atoms with van der Waals surface area (Å²) in [5.41, 5.74) is 0.944. The summed E-state index contributed by atoms with van der Waals surface area (Å²) in [6.07, 6.45) is 4.08. The Bertz CT molecular complexity index is 632. The van der Waals surface area contributed by atoms with Crippen LogP contribution in [-0.2, 0) is 22.7 Å². The molecule has 2 bridgehead atoms. The van der Waals surface area contributed by atoms with E-state index in [9.17, 15) is 9.59 Å². The van der Waals surface area contributed by atoms with Crippen LogP contribution in [0.5, 0.6) is 0 Å². The van der Waals surface area contributed by atoms with Crippen LogP contribution in [0, 0.1) is 11.8 Å². The van der Waals surface area contributed by atoms with E-state index in [1.54, 1.807) is 0 Å². The summed E-state index contributed by atoms with van der Waals surface area (Å²) in [4.78, 5) is 25.8. The number of amides is 2. The predicted octanol–water partition coefficient (Wildman–Crippen LogP) is -1.04. The van der Waals surface area contributed by atoms with Gasteiger partial charge in [-0.05, 0) is 32.4 Å². The van der Waals surface area contributed by atoms with Crippen LogP contribution in [0.1, 0.15) is 25.5 Å². The van der Waals surface area contributed by atoms with Crippen molar-refractivity contribution < 1.29 is 9.59 Å². The highest BCUT2D eigenvalue weighted by atomic mass is 16.2. The lowest BCUT2D eigenvalue weighted by atomic mass is 9.75. The summed E-state index contributed by atoms with van der Waals surface area (Å²) in [7, 11) is 1.90. The third-order valence-electron chi connectivity index (χ3n) is 5.36. The normalized spacial score (nSPS) is 27.3. The van der Waals surface area contributed by atoms with Crippen LogP contribution in [0.15, 0.2) is 6.20 Å². The fraction of sp³-hybridized carbons (Fsp3) is 0.765. The minimum Gasteiger partial charge on any atom is -0.355 e. The van der Waals surface area contributed by atoms with Crippen molar-refractivity contribution in [3.05, 3.63) is 11.9 Å². The van der Waals surface area contributed by atoms with E-state index in [4.69, 9.17) is 0 Å². The number of aromatic nitrogens is 3. The maximum absolute atomic E-state index is 12.5. The van der Waals surface area contributed by atoms with Gasteiger partial charge in [0.25, 0.3) is 0 Å². The number of rotatable bonds is 8. The Balaban J connectivity index is 1.49. The average Bonchev–Trinajstić information content (AvgIpc) is 3.06. The Hall–Kier alpha value is -2.00. The third kappa shape index (κ3) is 4.59. The number of carbonyl (C=O) groups is 2. The molecule has 4 atom stereocenters. The highest BCUT2D eigenvalue weighted by Gasteiger charge is 2.43. The molecule has 4 rings (SSSR count). The molecular formula is C17H29N7O2. The molecule has 3 fully saturated rings. The number of hydrogen-bond acceptors (Lipinski definition) is 6. The molecule has 26 heavy (non-hydrogen) atoms. The lowest BCUT2D eigenvalue weighted by Gasteiger charge is -2.49. The Labute approximate surface area is 153 Å². The van der Waals surface area contributed by atoms with Gasteiger partial charge in [0.1, 0.15) is 0 Å². The van der Waals surface area contributed by atoms with Gasteiger partial charge in [0.05, 0.1) is 18.2 Å². The molecule has 0 aliphatic carbocycles. The van der Waals surface area contributed by atoms with Crippen molar-refractivity contribution in [2.24, 2.45) is 11.8 Å². The van der Waals surface area contributed by atoms with Crippen molar-refractivity contribution in [1.29, 1.82) is 0 Å².